The first kappa shape index (κ1) is 25.0. The minimum atomic E-state index is 0.385. The molecule has 0 unspecified atom stereocenters. The van der Waals surface area contributed by atoms with E-state index in [9.17, 15) is 0 Å². The number of hydrogen-bond acceptors (Lipinski definition) is 6. The van der Waals surface area contributed by atoms with E-state index in [1.165, 1.54) is 5.56 Å². The Morgan fingerprint density at radius 1 is 1.29 bits per heavy atom. The van der Waals surface area contributed by atoms with E-state index in [1.807, 2.05) is 31.3 Å². The molecule has 2 heterocycles. The quantitative estimate of drug-likeness (QED) is 0.185. The van der Waals surface area contributed by atoms with Gasteiger partial charge in [0.1, 0.15) is 6.61 Å². The molecular formula is C25H33N7O2. The highest BCUT2D eigenvalue weighted by Crippen LogP contribution is 2.23. The van der Waals surface area contributed by atoms with Crippen molar-refractivity contribution >= 4 is 17.9 Å². The van der Waals surface area contributed by atoms with Crippen LogP contribution in [0.15, 0.2) is 46.4 Å². The van der Waals surface area contributed by atoms with E-state index in [1.54, 1.807) is 0 Å². The largest absolute Gasteiger partial charge is 0.476 e. The van der Waals surface area contributed by atoms with Gasteiger partial charge in [0, 0.05) is 37.6 Å². The van der Waals surface area contributed by atoms with Crippen LogP contribution in [-0.2, 0) is 11.3 Å². The molecule has 0 atom stereocenters. The van der Waals surface area contributed by atoms with Crippen molar-refractivity contribution in [2.45, 2.75) is 26.8 Å². The zero-order valence-electron chi connectivity index (χ0n) is 20.0. The molecule has 9 nitrogen and oxygen atoms in total. The molecule has 0 saturated carbocycles. The monoisotopic (exact) mass is 463 g/mol. The lowest BCUT2D eigenvalue weighted by molar-refractivity contribution is 0.122. The molecule has 1 saturated heterocycles. The maximum atomic E-state index is 6.98. The molecule has 0 amide bonds. The molecule has 3 rings (SSSR count). The molecule has 180 valence electrons. The number of nitrogens with one attached hydrogen (secondary N) is 2. The maximum Gasteiger partial charge on any atom is 0.262 e. The van der Waals surface area contributed by atoms with Gasteiger partial charge < -0.3 is 19.7 Å². The summed E-state index contributed by atoms with van der Waals surface area (Å²) in [6.45, 7) is 16.2. The van der Waals surface area contributed by atoms with Crippen molar-refractivity contribution in [3.63, 3.8) is 0 Å². The third-order valence-electron chi connectivity index (χ3n) is 5.05. The number of anilines is 1. The van der Waals surface area contributed by atoms with E-state index >= 15 is 0 Å². The Hall–Kier alpha value is -3.64. The Balaban J connectivity index is 1.65. The highest BCUT2D eigenvalue weighted by molar-refractivity contribution is 5.80. The van der Waals surface area contributed by atoms with Gasteiger partial charge in [-0.1, -0.05) is 42.2 Å². The molecule has 2 aromatic rings. The standard InChI is InChI=1S/C25H33N7O2/c1-4-8-28-25(31-26-3)29-9-12-34-24-17-23(32-10-13-33-14-11-32)16-22(30-24)19-27-18-21-7-5-6-20(2)15-21/h5-7,15-18H,4,8-14,19H2,1-2H3,(H2,28,29,31). The van der Waals surface area contributed by atoms with Crippen LogP contribution in [0.5, 0.6) is 5.88 Å². The molecule has 0 aliphatic carbocycles. The lowest BCUT2D eigenvalue weighted by Crippen LogP contribution is -2.36. The Bertz CT molecular complexity index is 1010. The number of pyridine rings is 1. The van der Waals surface area contributed by atoms with E-state index in [0.29, 0.717) is 51.3 Å². The van der Waals surface area contributed by atoms with Crippen molar-refractivity contribution < 1.29 is 9.47 Å². The molecule has 2 N–H and O–H groups in total. The SMILES string of the molecule is [C-]#[N+]NC(=NCCC)NCCOc1cc(N2CCOCC2)cc(CN=Cc2cccc(C)c2)n1. The molecular weight excluding hydrogens is 430 g/mol. The summed E-state index contributed by atoms with van der Waals surface area (Å²) in [5, 5.41) is 3.10. The summed E-state index contributed by atoms with van der Waals surface area (Å²) in [5.41, 5.74) is 6.72. The second kappa shape index (κ2) is 13.8. The van der Waals surface area contributed by atoms with Crippen LogP contribution in [0.3, 0.4) is 0 Å². The van der Waals surface area contributed by atoms with Gasteiger partial charge in [-0.3, -0.25) is 4.99 Å². The smallest absolute Gasteiger partial charge is 0.262 e. The number of hydrogen-bond donors (Lipinski definition) is 2. The van der Waals surface area contributed by atoms with Crippen LogP contribution < -0.4 is 20.4 Å². The highest BCUT2D eigenvalue weighted by atomic mass is 16.5. The van der Waals surface area contributed by atoms with Crippen LogP contribution in [0.4, 0.5) is 5.69 Å². The number of morpholine rings is 1. The van der Waals surface area contributed by atoms with E-state index < -0.39 is 0 Å². The zero-order valence-corrected chi connectivity index (χ0v) is 20.0. The minimum absolute atomic E-state index is 0.385. The number of aromatic nitrogens is 1. The van der Waals surface area contributed by atoms with Crippen LogP contribution in [-0.4, -0.2) is 63.2 Å². The second-order valence-electron chi connectivity index (χ2n) is 7.87. The van der Waals surface area contributed by atoms with Crippen molar-refractivity contribution in [1.29, 1.82) is 0 Å². The summed E-state index contributed by atoms with van der Waals surface area (Å²) in [5.74, 6) is 1.01. The number of benzene rings is 1. The lowest BCUT2D eigenvalue weighted by atomic mass is 10.1. The Morgan fingerprint density at radius 2 is 2.15 bits per heavy atom. The van der Waals surface area contributed by atoms with Crippen LogP contribution in [0.25, 0.3) is 4.95 Å². The molecule has 0 spiro atoms. The van der Waals surface area contributed by atoms with Gasteiger partial charge in [-0.2, -0.15) is 11.5 Å². The van der Waals surface area contributed by atoms with Gasteiger partial charge in [0.25, 0.3) is 5.96 Å². The summed E-state index contributed by atoms with van der Waals surface area (Å²) in [4.78, 5) is 19.0. The normalized spacial score (nSPS) is 14.1. The van der Waals surface area contributed by atoms with E-state index in [4.69, 9.17) is 16.0 Å². The van der Waals surface area contributed by atoms with Gasteiger partial charge >= 0.3 is 0 Å². The Morgan fingerprint density at radius 3 is 2.91 bits per heavy atom. The molecule has 9 heteroatoms. The Labute approximate surface area is 201 Å². The van der Waals surface area contributed by atoms with Gasteiger partial charge in [0.15, 0.2) is 0 Å². The van der Waals surface area contributed by atoms with Crippen LogP contribution in [0.1, 0.15) is 30.2 Å². The van der Waals surface area contributed by atoms with Crippen molar-refractivity contribution in [2.24, 2.45) is 9.98 Å². The number of rotatable bonds is 10. The Kier molecular flexibility index (Phi) is 10.1. The van der Waals surface area contributed by atoms with E-state index in [0.717, 1.165) is 36.5 Å². The van der Waals surface area contributed by atoms with Crippen LogP contribution in [0.2, 0.25) is 0 Å². The third kappa shape index (κ3) is 8.37. The first-order valence-corrected chi connectivity index (χ1v) is 11.6. The molecule has 1 aromatic heterocycles. The average Bonchev–Trinajstić information content (AvgIpc) is 2.85. The van der Waals surface area contributed by atoms with Crippen molar-refractivity contribution in [3.05, 3.63) is 64.7 Å². The predicted molar refractivity (Wildman–Crippen MR) is 136 cm³/mol. The van der Waals surface area contributed by atoms with E-state index in [-0.39, 0.29) is 0 Å². The topological polar surface area (TPSA) is 87.7 Å². The summed E-state index contributed by atoms with van der Waals surface area (Å²) in [6.07, 6.45) is 2.79. The summed E-state index contributed by atoms with van der Waals surface area (Å²) in [7, 11) is 0. The van der Waals surface area contributed by atoms with Crippen molar-refractivity contribution in [1.82, 2.24) is 15.7 Å². The van der Waals surface area contributed by atoms with Crippen molar-refractivity contribution in [2.75, 3.05) is 50.9 Å². The minimum Gasteiger partial charge on any atom is -0.476 e. The molecule has 1 aliphatic heterocycles. The fourth-order valence-corrected chi connectivity index (χ4v) is 3.43. The van der Waals surface area contributed by atoms with Gasteiger partial charge in [-0.15, -0.1) is 0 Å². The molecule has 1 aromatic carbocycles. The van der Waals surface area contributed by atoms with Gasteiger partial charge in [-0.05, 0) is 25.0 Å². The van der Waals surface area contributed by atoms with Gasteiger partial charge in [-0.25, -0.2) is 9.98 Å². The van der Waals surface area contributed by atoms with Gasteiger partial charge in [0.2, 0.25) is 5.88 Å². The fourth-order valence-electron chi connectivity index (χ4n) is 3.43. The number of guanidine groups is 1. The summed E-state index contributed by atoms with van der Waals surface area (Å²) < 4.78 is 11.4. The van der Waals surface area contributed by atoms with Crippen LogP contribution >= 0.6 is 0 Å². The molecule has 0 radical (unpaired) electrons. The number of aryl methyl sites for hydroxylation is 1. The maximum absolute atomic E-state index is 6.98. The summed E-state index contributed by atoms with van der Waals surface area (Å²) in [6, 6.07) is 12.3. The number of ether oxygens (including phenoxy) is 2. The second-order valence-corrected chi connectivity index (χ2v) is 7.87. The van der Waals surface area contributed by atoms with Crippen molar-refractivity contribution in [3.8, 4) is 5.88 Å². The average molecular weight is 464 g/mol. The number of aliphatic imine (C=N–C) groups is 2. The molecule has 0 bridgehead atoms. The summed E-state index contributed by atoms with van der Waals surface area (Å²) >= 11 is 0. The third-order valence-corrected chi connectivity index (χ3v) is 5.05. The lowest BCUT2D eigenvalue weighted by Gasteiger charge is -2.29. The molecule has 1 aliphatic rings. The van der Waals surface area contributed by atoms with Gasteiger partial charge in [0.05, 0.1) is 32.0 Å². The van der Waals surface area contributed by atoms with E-state index in [2.05, 4.69) is 60.7 Å². The van der Waals surface area contributed by atoms with Crippen LogP contribution in [0, 0.1) is 13.5 Å². The number of nitrogens with zero attached hydrogens (tertiary/aromatic N) is 5. The highest BCUT2D eigenvalue weighted by Gasteiger charge is 2.14. The molecule has 34 heavy (non-hydrogen) atoms. The zero-order chi connectivity index (χ0) is 24.0. The first-order chi connectivity index (χ1) is 16.7. The predicted octanol–water partition coefficient (Wildman–Crippen LogP) is 3.00. The molecule has 1 fully saturated rings. The first-order valence-electron chi connectivity index (χ1n) is 11.6. The fraction of sp³-hybridized carbons (Fsp3) is 0.440.